The summed E-state index contributed by atoms with van der Waals surface area (Å²) < 4.78 is 5.00. The number of rotatable bonds is 2. The molecule has 3 heterocycles. The molecular formula is C33H33N2Si+. The first-order chi connectivity index (χ1) is 17.2. The molecule has 0 N–H and O–H groups in total. The van der Waals surface area contributed by atoms with E-state index in [2.05, 4.69) is 123 Å². The molecule has 0 aliphatic rings. The largest absolute Gasteiger partial charge is 0.307 e. The van der Waals surface area contributed by atoms with Gasteiger partial charge in [0.1, 0.15) is 7.05 Å². The molecule has 0 atom stereocenters. The highest BCUT2D eigenvalue weighted by molar-refractivity contribution is 6.90. The molecule has 0 bridgehead atoms. The molecule has 0 aliphatic heterocycles. The van der Waals surface area contributed by atoms with E-state index in [-0.39, 0.29) is 0 Å². The first-order valence-electron chi connectivity index (χ1n) is 13.1. The molecule has 7 aromatic rings. The highest BCUT2D eigenvalue weighted by Gasteiger charge is 2.29. The molecule has 0 spiro atoms. The van der Waals surface area contributed by atoms with E-state index in [0.29, 0.717) is 5.92 Å². The lowest BCUT2D eigenvalue weighted by atomic mass is 9.88. The molecule has 36 heavy (non-hydrogen) atoms. The normalized spacial score (nSPS) is 13.1. The van der Waals surface area contributed by atoms with Gasteiger partial charge in [0.05, 0.1) is 35.4 Å². The number of pyridine rings is 2. The third-order valence-corrected chi connectivity index (χ3v) is 10.4. The number of aromatic nitrogens is 2. The molecule has 178 valence electrons. The topological polar surface area (TPSA) is 8.29 Å². The van der Waals surface area contributed by atoms with Gasteiger partial charge in [0.2, 0.25) is 5.52 Å². The summed E-state index contributed by atoms with van der Waals surface area (Å²) in [6.45, 7) is 14.5. The summed E-state index contributed by atoms with van der Waals surface area (Å²) in [5, 5.41) is 11.3. The second kappa shape index (κ2) is 7.07. The minimum atomic E-state index is -1.58. The molecule has 4 aromatic carbocycles. The van der Waals surface area contributed by atoms with Crippen LogP contribution in [0.2, 0.25) is 19.6 Å². The van der Waals surface area contributed by atoms with Crippen LogP contribution in [0, 0.1) is 6.92 Å². The third kappa shape index (κ3) is 2.59. The molecule has 0 saturated carbocycles. The Morgan fingerprint density at radius 2 is 1.50 bits per heavy atom. The third-order valence-electron chi connectivity index (χ3n) is 8.39. The maximum absolute atomic E-state index is 2.65. The van der Waals surface area contributed by atoms with Crippen LogP contribution < -0.4 is 9.75 Å². The summed E-state index contributed by atoms with van der Waals surface area (Å²) in [4.78, 5) is 0. The number of benzene rings is 4. The predicted octanol–water partition coefficient (Wildman–Crippen LogP) is 7.94. The zero-order chi connectivity index (χ0) is 25.1. The van der Waals surface area contributed by atoms with E-state index in [1.165, 1.54) is 70.9 Å². The molecule has 7 rings (SSSR count). The fourth-order valence-electron chi connectivity index (χ4n) is 6.89. The molecule has 0 unspecified atom stereocenters. The average molecular weight is 486 g/mol. The lowest BCUT2D eigenvalue weighted by Crippen LogP contribution is -2.37. The van der Waals surface area contributed by atoms with Crippen molar-refractivity contribution in [2.75, 3.05) is 0 Å². The summed E-state index contributed by atoms with van der Waals surface area (Å²) in [7, 11) is 0.639. The quantitative estimate of drug-likeness (QED) is 0.102. The summed E-state index contributed by atoms with van der Waals surface area (Å²) in [6.07, 6.45) is 2.24. The summed E-state index contributed by atoms with van der Waals surface area (Å²) in [5.74, 6) is 0.395. The van der Waals surface area contributed by atoms with Gasteiger partial charge in [-0.25, -0.2) is 4.57 Å². The monoisotopic (exact) mass is 485 g/mol. The van der Waals surface area contributed by atoms with E-state index in [9.17, 15) is 0 Å². The number of hydrogen-bond donors (Lipinski definition) is 0. The molecule has 2 nitrogen and oxygen atoms in total. The molecule has 0 fully saturated rings. The number of nitrogens with zero attached hydrogens (tertiary/aromatic N) is 2. The molecule has 0 amide bonds. The van der Waals surface area contributed by atoms with E-state index in [4.69, 9.17) is 0 Å². The van der Waals surface area contributed by atoms with Crippen molar-refractivity contribution >= 4 is 73.0 Å². The van der Waals surface area contributed by atoms with E-state index in [1.807, 2.05) is 0 Å². The van der Waals surface area contributed by atoms with Crippen LogP contribution in [0.3, 0.4) is 0 Å². The van der Waals surface area contributed by atoms with Gasteiger partial charge in [-0.2, -0.15) is 0 Å². The summed E-state index contributed by atoms with van der Waals surface area (Å²) in [6, 6.07) is 23.1. The molecular weight excluding hydrogens is 452 g/mol. The maximum Gasteiger partial charge on any atom is 0.224 e. The van der Waals surface area contributed by atoms with Crippen LogP contribution in [0.4, 0.5) is 0 Å². The number of aryl methyl sites for hydroxylation is 2. The van der Waals surface area contributed by atoms with Crippen LogP contribution in [-0.4, -0.2) is 12.5 Å². The Kier molecular flexibility index (Phi) is 4.29. The lowest BCUT2D eigenvalue weighted by molar-refractivity contribution is -0.643. The predicted molar refractivity (Wildman–Crippen MR) is 159 cm³/mol. The first kappa shape index (κ1) is 21.8. The smallest absolute Gasteiger partial charge is 0.224 e. The van der Waals surface area contributed by atoms with Crippen molar-refractivity contribution in [3.8, 4) is 0 Å². The average Bonchev–Trinajstić information content (AvgIpc) is 3.19. The standard InChI is InChI=1S/C33H33N2Si/c1-19(2)27-23-12-9-8-11-22(23)20(3)28-32-29-21(17-18-34(32)4)15-16-24-30-25(35(31(24)29)33(27)28)13-10-14-26(30)36(5,6)7/h8-19H,1-7H3/q+1. The van der Waals surface area contributed by atoms with Crippen molar-refractivity contribution in [2.45, 2.75) is 46.3 Å². The van der Waals surface area contributed by atoms with E-state index < -0.39 is 8.07 Å². The fourth-order valence-corrected chi connectivity index (χ4v) is 8.49. The summed E-state index contributed by atoms with van der Waals surface area (Å²) in [5.41, 5.74) is 8.29. The SMILES string of the molecule is Cc1c2ccccc2c(C(C)C)c2c1c1c3c(ccc4c5c([Si](C)(C)C)cccc5n2c43)cc[n+]1C. The van der Waals surface area contributed by atoms with Gasteiger partial charge in [0.25, 0.3) is 0 Å². The highest BCUT2D eigenvalue weighted by atomic mass is 28.3. The van der Waals surface area contributed by atoms with E-state index in [1.54, 1.807) is 5.19 Å². The van der Waals surface area contributed by atoms with E-state index >= 15 is 0 Å². The Morgan fingerprint density at radius 3 is 2.22 bits per heavy atom. The van der Waals surface area contributed by atoms with Gasteiger partial charge >= 0.3 is 0 Å². The van der Waals surface area contributed by atoms with Gasteiger partial charge in [0, 0.05) is 16.8 Å². The van der Waals surface area contributed by atoms with Gasteiger partial charge in [0.15, 0.2) is 6.20 Å². The van der Waals surface area contributed by atoms with Crippen molar-refractivity contribution in [3.05, 3.63) is 78.0 Å². The second-order valence-electron chi connectivity index (χ2n) is 11.9. The van der Waals surface area contributed by atoms with Crippen LogP contribution in [0.1, 0.15) is 30.9 Å². The highest BCUT2D eigenvalue weighted by Crippen LogP contribution is 2.45. The molecule has 0 aliphatic carbocycles. The Labute approximate surface area is 213 Å². The van der Waals surface area contributed by atoms with Crippen LogP contribution in [0.5, 0.6) is 0 Å². The maximum atomic E-state index is 2.65. The van der Waals surface area contributed by atoms with Crippen LogP contribution in [0.15, 0.2) is 66.9 Å². The second-order valence-corrected chi connectivity index (χ2v) is 17.0. The van der Waals surface area contributed by atoms with Gasteiger partial charge in [-0.1, -0.05) is 87.2 Å². The van der Waals surface area contributed by atoms with Gasteiger partial charge in [-0.05, 0) is 46.2 Å². The Balaban J connectivity index is 1.97. The van der Waals surface area contributed by atoms with Crippen molar-refractivity contribution in [3.63, 3.8) is 0 Å². The molecule has 3 heteroatoms. The number of hydrogen-bond acceptors (Lipinski definition) is 0. The number of fused-ring (bicyclic) bond motifs is 7. The van der Waals surface area contributed by atoms with Crippen molar-refractivity contribution in [1.82, 2.24) is 4.40 Å². The minimum absolute atomic E-state index is 0.395. The van der Waals surface area contributed by atoms with Crippen molar-refractivity contribution < 1.29 is 4.57 Å². The van der Waals surface area contributed by atoms with Crippen LogP contribution in [0.25, 0.3) is 59.8 Å². The summed E-state index contributed by atoms with van der Waals surface area (Å²) >= 11 is 0. The van der Waals surface area contributed by atoms with Gasteiger partial charge in [-0.15, -0.1) is 0 Å². The zero-order valence-electron chi connectivity index (χ0n) is 22.3. The molecule has 3 aromatic heterocycles. The van der Waals surface area contributed by atoms with E-state index in [0.717, 1.165) is 0 Å². The molecule has 0 saturated heterocycles. The minimum Gasteiger partial charge on any atom is -0.307 e. The Hall–Kier alpha value is -3.43. The van der Waals surface area contributed by atoms with Crippen LogP contribution in [-0.2, 0) is 7.05 Å². The van der Waals surface area contributed by atoms with Gasteiger partial charge in [-0.3, -0.25) is 0 Å². The van der Waals surface area contributed by atoms with Gasteiger partial charge < -0.3 is 4.40 Å². The zero-order valence-corrected chi connectivity index (χ0v) is 23.3. The molecule has 0 radical (unpaired) electrons. The van der Waals surface area contributed by atoms with Crippen molar-refractivity contribution in [1.29, 1.82) is 0 Å². The van der Waals surface area contributed by atoms with Crippen molar-refractivity contribution in [2.24, 2.45) is 7.05 Å². The fraction of sp³-hybridized carbons (Fsp3) is 0.242. The van der Waals surface area contributed by atoms with Crippen LogP contribution >= 0.6 is 0 Å². The first-order valence-corrected chi connectivity index (χ1v) is 16.6. The lowest BCUT2D eigenvalue weighted by Gasteiger charge is -2.21. The Bertz CT molecular complexity index is 2020. The Morgan fingerprint density at radius 1 is 0.750 bits per heavy atom.